The molecule has 0 aromatic heterocycles. The number of nitro benzene ring substituents is 1. The molecule has 1 aromatic rings. The van der Waals surface area contributed by atoms with Crippen molar-refractivity contribution in [1.29, 1.82) is 0 Å². The van der Waals surface area contributed by atoms with Crippen molar-refractivity contribution in [2.75, 3.05) is 25.0 Å². The summed E-state index contributed by atoms with van der Waals surface area (Å²) in [5, 5.41) is 15.7. The Morgan fingerprint density at radius 2 is 2.25 bits per heavy atom. The third-order valence-electron chi connectivity index (χ3n) is 2.70. The number of ether oxygens (including phenoxy) is 1. The van der Waals surface area contributed by atoms with Gasteiger partial charge in [-0.05, 0) is 0 Å². The van der Waals surface area contributed by atoms with E-state index in [0.717, 1.165) is 0 Å². The Morgan fingerprint density at radius 1 is 1.50 bits per heavy atom. The van der Waals surface area contributed by atoms with Gasteiger partial charge in [-0.1, -0.05) is 0 Å². The summed E-state index contributed by atoms with van der Waals surface area (Å²) in [5.74, 6) is -3.04. The molecule has 2 N–H and O–H groups in total. The quantitative estimate of drug-likeness (QED) is 0.633. The largest absolute Gasteiger partial charge is 0.366 e. The van der Waals surface area contributed by atoms with Crippen LogP contribution in [0.2, 0.25) is 0 Å². The van der Waals surface area contributed by atoms with E-state index in [0.29, 0.717) is 25.3 Å². The summed E-state index contributed by atoms with van der Waals surface area (Å²) in [7, 11) is 0. The number of benzene rings is 1. The highest BCUT2D eigenvalue weighted by Gasteiger charge is 2.27. The van der Waals surface area contributed by atoms with E-state index in [1.165, 1.54) is 0 Å². The number of morpholine rings is 1. The van der Waals surface area contributed by atoms with Crippen LogP contribution in [-0.4, -0.2) is 36.6 Å². The van der Waals surface area contributed by atoms with Crippen molar-refractivity contribution in [3.8, 4) is 0 Å². The van der Waals surface area contributed by atoms with Gasteiger partial charge >= 0.3 is 0 Å². The number of nitro groups is 1. The molecule has 1 atom stereocenters. The van der Waals surface area contributed by atoms with Gasteiger partial charge in [0.05, 0.1) is 17.6 Å². The molecular weight excluding hydrogens is 276 g/mol. The molecule has 2 rings (SSSR count). The van der Waals surface area contributed by atoms with Gasteiger partial charge in [-0.2, -0.15) is 0 Å². The average molecular weight is 287 g/mol. The van der Waals surface area contributed by atoms with Crippen LogP contribution in [0.15, 0.2) is 12.1 Å². The van der Waals surface area contributed by atoms with Crippen molar-refractivity contribution in [2.45, 2.75) is 6.10 Å². The molecule has 0 aliphatic carbocycles. The Hall–Kier alpha value is -2.13. The summed E-state index contributed by atoms with van der Waals surface area (Å²) < 4.78 is 31.7. The Balaban J connectivity index is 2.23. The first-order valence-corrected chi connectivity index (χ1v) is 5.75. The number of carbonyl (C=O) groups is 1. The van der Waals surface area contributed by atoms with E-state index in [2.05, 4.69) is 10.6 Å². The summed E-state index contributed by atoms with van der Waals surface area (Å²) in [4.78, 5) is 21.6. The van der Waals surface area contributed by atoms with Crippen LogP contribution in [0.5, 0.6) is 0 Å². The summed E-state index contributed by atoms with van der Waals surface area (Å²) >= 11 is 0. The molecule has 1 aliphatic rings. The third kappa shape index (κ3) is 3.06. The van der Waals surface area contributed by atoms with Crippen molar-refractivity contribution in [2.24, 2.45) is 0 Å². The van der Waals surface area contributed by atoms with Gasteiger partial charge in [-0.3, -0.25) is 14.9 Å². The molecule has 108 valence electrons. The van der Waals surface area contributed by atoms with Crippen LogP contribution in [0.4, 0.5) is 20.2 Å². The van der Waals surface area contributed by atoms with Crippen LogP contribution in [0.25, 0.3) is 0 Å². The zero-order chi connectivity index (χ0) is 14.7. The van der Waals surface area contributed by atoms with E-state index in [-0.39, 0.29) is 6.54 Å². The highest BCUT2D eigenvalue weighted by Crippen LogP contribution is 2.28. The normalized spacial score (nSPS) is 18.6. The number of hydrogen-bond acceptors (Lipinski definition) is 5. The van der Waals surface area contributed by atoms with Crippen molar-refractivity contribution in [3.63, 3.8) is 0 Å². The number of nitrogens with zero attached hydrogens (tertiary/aromatic N) is 1. The number of amides is 1. The first-order valence-electron chi connectivity index (χ1n) is 5.75. The zero-order valence-corrected chi connectivity index (χ0v) is 10.2. The first kappa shape index (κ1) is 14.3. The maximum Gasteiger partial charge on any atom is 0.298 e. The van der Waals surface area contributed by atoms with Crippen LogP contribution < -0.4 is 10.6 Å². The molecule has 0 bridgehead atoms. The smallest absolute Gasteiger partial charge is 0.298 e. The molecule has 0 radical (unpaired) electrons. The Bertz CT molecular complexity index is 547. The SMILES string of the molecule is O=C(Nc1c(F)cc(F)cc1[N+](=O)[O-])C1CNCCO1. The minimum absolute atomic E-state index is 0.211. The second-order valence-corrected chi connectivity index (χ2v) is 4.09. The molecule has 0 saturated carbocycles. The van der Waals surface area contributed by atoms with Crippen LogP contribution >= 0.6 is 0 Å². The zero-order valence-electron chi connectivity index (χ0n) is 10.2. The fraction of sp³-hybridized carbons (Fsp3) is 0.364. The fourth-order valence-electron chi connectivity index (χ4n) is 1.77. The molecule has 1 aromatic carbocycles. The van der Waals surface area contributed by atoms with E-state index in [4.69, 9.17) is 4.74 Å². The number of hydrogen-bond donors (Lipinski definition) is 2. The highest BCUT2D eigenvalue weighted by atomic mass is 19.1. The van der Waals surface area contributed by atoms with Crippen molar-refractivity contribution < 1.29 is 23.2 Å². The van der Waals surface area contributed by atoms with Crippen molar-refractivity contribution in [1.82, 2.24) is 5.32 Å². The molecule has 1 aliphatic heterocycles. The van der Waals surface area contributed by atoms with E-state index < -0.39 is 39.9 Å². The Labute approximate surface area is 112 Å². The Morgan fingerprint density at radius 3 is 2.85 bits per heavy atom. The maximum atomic E-state index is 13.6. The molecule has 1 amide bonds. The van der Waals surface area contributed by atoms with Gasteiger partial charge in [0.15, 0.2) is 11.5 Å². The van der Waals surface area contributed by atoms with Crippen LogP contribution in [-0.2, 0) is 9.53 Å². The monoisotopic (exact) mass is 287 g/mol. The molecule has 1 heterocycles. The van der Waals surface area contributed by atoms with E-state index in [1.54, 1.807) is 0 Å². The topological polar surface area (TPSA) is 93.5 Å². The van der Waals surface area contributed by atoms with Crippen molar-refractivity contribution >= 4 is 17.3 Å². The molecule has 1 saturated heterocycles. The lowest BCUT2D eigenvalue weighted by molar-refractivity contribution is -0.384. The van der Waals surface area contributed by atoms with Gasteiger partial charge in [-0.15, -0.1) is 0 Å². The minimum Gasteiger partial charge on any atom is -0.366 e. The summed E-state index contributed by atoms with van der Waals surface area (Å²) in [6.45, 7) is 1.09. The fourth-order valence-corrected chi connectivity index (χ4v) is 1.77. The predicted molar refractivity (Wildman–Crippen MR) is 64.3 cm³/mol. The van der Waals surface area contributed by atoms with E-state index in [1.807, 2.05) is 0 Å². The van der Waals surface area contributed by atoms with Crippen LogP contribution in [0.3, 0.4) is 0 Å². The second kappa shape index (κ2) is 5.88. The van der Waals surface area contributed by atoms with Gasteiger partial charge in [0.25, 0.3) is 11.6 Å². The maximum absolute atomic E-state index is 13.6. The van der Waals surface area contributed by atoms with Crippen LogP contribution in [0, 0.1) is 21.7 Å². The number of rotatable bonds is 3. The van der Waals surface area contributed by atoms with E-state index >= 15 is 0 Å². The van der Waals surface area contributed by atoms with Crippen molar-refractivity contribution in [3.05, 3.63) is 33.9 Å². The summed E-state index contributed by atoms with van der Waals surface area (Å²) in [5.41, 5.74) is -1.52. The number of anilines is 1. The Kier molecular flexibility index (Phi) is 4.20. The summed E-state index contributed by atoms with van der Waals surface area (Å²) in [6.07, 6.45) is -0.882. The summed E-state index contributed by atoms with van der Waals surface area (Å²) in [6, 6.07) is 1.00. The molecule has 7 nitrogen and oxygen atoms in total. The van der Waals surface area contributed by atoms with Gasteiger partial charge in [0, 0.05) is 19.2 Å². The standard InChI is InChI=1S/C11H11F2N3O4/c12-6-3-7(13)10(8(4-6)16(18)19)15-11(17)9-5-14-1-2-20-9/h3-4,9,14H,1-2,5H2,(H,15,17). The average Bonchev–Trinajstić information content (AvgIpc) is 2.42. The lowest BCUT2D eigenvalue weighted by atomic mass is 10.2. The number of nitrogens with one attached hydrogen (secondary N) is 2. The minimum atomic E-state index is -1.21. The van der Waals surface area contributed by atoms with E-state index in [9.17, 15) is 23.7 Å². The number of carbonyl (C=O) groups excluding carboxylic acids is 1. The predicted octanol–water partition coefficient (Wildman–Crippen LogP) is 0.800. The number of halogens is 2. The van der Waals surface area contributed by atoms with Gasteiger partial charge < -0.3 is 15.4 Å². The lowest BCUT2D eigenvalue weighted by Gasteiger charge is -2.22. The van der Waals surface area contributed by atoms with Crippen LogP contribution in [0.1, 0.15) is 0 Å². The van der Waals surface area contributed by atoms with Gasteiger partial charge in [0.2, 0.25) is 0 Å². The van der Waals surface area contributed by atoms with Gasteiger partial charge in [-0.25, -0.2) is 8.78 Å². The molecule has 1 unspecified atom stereocenters. The second-order valence-electron chi connectivity index (χ2n) is 4.09. The first-order chi connectivity index (χ1) is 9.49. The molecule has 9 heteroatoms. The molecule has 0 spiro atoms. The van der Waals surface area contributed by atoms with Gasteiger partial charge in [0.1, 0.15) is 11.9 Å². The molecular formula is C11H11F2N3O4. The molecule has 20 heavy (non-hydrogen) atoms. The highest BCUT2D eigenvalue weighted by molar-refractivity contribution is 5.96. The lowest BCUT2D eigenvalue weighted by Crippen LogP contribution is -2.45. The molecule has 1 fully saturated rings. The third-order valence-corrected chi connectivity index (χ3v) is 2.70.